The van der Waals surface area contributed by atoms with Crippen LogP contribution in [0.2, 0.25) is 0 Å². The van der Waals surface area contributed by atoms with Crippen LogP contribution < -0.4 is 14.8 Å². The standard InChI is InChI=1S/C26H27N5O3S/c1-35(32,30-13-11-27-12-14-30)21-8-5-19(6-9-21)17-25-28-26-4-2-3-22(31(26)29-25)20-7-10-23-24(18-20)34-16-15-33-23/h2-10,18,27H,1,11-17H2. The minimum absolute atomic E-state index is 0.547. The molecule has 4 heterocycles. The fourth-order valence-electron chi connectivity index (χ4n) is 4.54. The average Bonchev–Trinajstić information content (AvgIpc) is 3.32. The molecule has 0 saturated carbocycles. The van der Waals surface area contributed by atoms with Crippen LogP contribution in [0.25, 0.3) is 16.9 Å². The Morgan fingerprint density at radius 1 is 0.971 bits per heavy atom. The second-order valence-corrected chi connectivity index (χ2v) is 11.0. The lowest BCUT2D eigenvalue weighted by Crippen LogP contribution is -2.46. The zero-order valence-electron chi connectivity index (χ0n) is 19.4. The Morgan fingerprint density at radius 3 is 2.54 bits per heavy atom. The van der Waals surface area contributed by atoms with Crippen LogP contribution in [0.3, 0.4) is 0 Å². The van der Waals surface area contributed by atoms with Gasteiger partial charge in [0, 0.05) is 43.1 Å². The predicted molar refractivity (Wildman–Crippen MR) is 137 cm³/mol. The Kier molecular flexibility index (Phi) is 5.68. The molecule has 0 spiro atoms. The molecule has 180 valence electrons. The summed E-state index contributed by atoms with van der Waals surface area (Å²) >= 11 is 0. The van der Waals surface area contributed by atoms with E-state index in [9.17, 15) is 4.21 Å². The maximum Gasteiger partial charge on any atom is 0.162 e. The Hall–Kier alpha value is -3.40. The maximum absolute atomic E-state index is 13.3. The van der Waals surface area contributed by atoms with Crippen molar-refractivity contribution >= 4 is 21.2 Å². The fourth-order valence-corrected chi connectivity index (χ4v) is 6.17. The molecule has 1 unspecified atom stereocenters. The number of fused-ring (bicyclic) bond motifs is 2. The van der Waals surface area contributed by atoms with Crippen molar-refractivity contribution in [1.29, 1.82) is 0 Å². The molecular formula is C26H27N5O3S. The largest absolute Gasteiger partial charge is 0.486 e. The van der Waals surface area contributed by atoms with Gasteiger partial charge in [0.1, 0.15) is 13.2 Å². The van der Waals surface area contributed by atoms with E-state index in [0.717, 1.165) is 70.9 Å². The number of ether oxygens (including phenoxy) is 2. The lowest BCUT2D eigenvalue weighted by molar-refractivity contribution is 0.171. The number of rotatable bonds is 5. The highest BCUT2D eigenvalue weighted by molar-refractivity contribution is 7.98. The molecule has 1 atom stereocenters. The van der Waals surface area contributed by atoms with E-state index in [0.29, 0.717) is 19.6 Å². The first kappa shape index (κ1) is 22.1. The molecule has 9 heteroatoms. The van der Waals surface area contributed by atoms with E-state index >= 15 is 0 Å². The van der Waals surface area contributed by atoms with Crippen LogP contribution in [-0.4, -0.2) is 68.4 Å². The van der Waals surface area contributed by atoms with Gasteiger partial charge in [-0.2, -0.15) is 5.10 Å². The monoisotopic (exact) mass is 489 g/mol. The molecule has 35 heavy (non-hydrogen) atoms. The zero-order valence-corrected chi connectivity index (χ0v) is 20.2. The molecule has 1 N–H and O–H groups in total. The van der Waals surface area contributed by atoms with Gasteiger partial charge in [-0.05, 0) is 53.9 Å². The summed E-state index contributed by atoms with van der Waals surface area (Å²) in [5.41, 5.74) is 3.75. The van der Waals surface area contributed by atoms with Gasteiger partial charge in [-0.3, -0.25) is 0 Å². The molecule has 0 amide bonds. The number of aromatic nitrogens is 3. The fraction of sp³-hybridized carbons (Fsp3) is 0.269. The highest BCUT2D eigenvalue weighted by Gasteiger charge is 2.20. The number of hydrogen-bond acceptors (Lipinski definition) is 6. The molecule has 0 aliphatic carbocycles. The van der Waals surface area contributed by atoms with Crippen molar-refractivity contribution in [2.75, 3.05) is 39.4 Å². The number of nitrogens with zero attached hydrogens (tertiary/aromatic N) is 4. The summed E-state index contributed by atoms with van der Waals surface area (Å²) in [5.74, 6) is 6.28. The van der Waals surface area contributed by atoms with Gasteiger partial charge >= 0.3 is 0 Å². The van der Waals surface area contributed by atoms with Crippen molar-refractivity contribution in [2.24, 2.45) is 0 Å². The maximum atomic E-state index is 13.3. The summed E-state index contributed by atoms with van der Waals surface area (Å²) in [6.45, 7) is 4.25. The molecular weight excluding hydrogens is 462 g/mol. The first-order valence-electron chi connectivity index (χ1n) is 11.7. The van der Waals surface area contributed by atoms with Crippen LogP contribution in [-0.2, 0) is 16.1 Å². The second-order valence-electron chi connectivity index (χ2n) is 8.71. The van der Waals surface area contributed by atoms with Gasteiger partial charge in [-0.15, -0.1) is 0 Å². The van der Waals surface area contributed by atoms with Crippen LogP contribution in [0.1, 0.15) is 11.4 Å². The molecule has 0 bridgehead atoms. The molecule has 1 saturated heterocycles. The van der Waals surface area contributed by atoms with Gasteiger partial charge in [0.2, 0.25) is 0 Å². The second kappa shape index (κ2) is 8.99. The Balaban J connectivity index is 1.25. The molecule has 0 radical (unpaired) electrons. The van der Waals surface area contributed by atoms with Crippen molar-refractivity contribution in [3.63, 3.8) is 0 Å². The van der Waals surface area contributed by atoms with Crippen LogP contribution >= 0.6 is 0 Å². The number of benzene rings is 2. The Morgan fingerprint density at radius 2 is 1.74 bits per heavy atom. The van der Waals surface area contributed by atoms with Crippen molar-refractivity contribution in [3.8, 4) is 22.8 Å². The van der Waals surface area contributed by atoms with Crippen molar-refractivity contribution in [2.45, 2.75) is 11.3 Å². The third-order valence-electron chi connectivity index (χ3n) is 6.39. The molecule has 2 aliphatic rings. The summed E-state index contributed by atoms with van der Waals surface area (Å²) in [5, 5.41) is 8.08. The zero-order chi connectivity index (χ0) is 23.8. The van der Waals surface area contributed by atoms with Gasteiger partial charge in [0.15, 0.2) is 23.0 Å². The summed E-state index contributed by atoms with van der Waals surface area (Å²) in [7, 11) is -2.48. The molecule has 2 aromatic carbocycles. The van der Waals surface area contributed by atoms with Gasteiger partial charge in [-0.25, -0.2) is 18.0 Å². The van der Waals surface area contributed by atoms with Gasteiger partial charge in [0.25, 0.3) is 0 Å². The smallest absolute Gasteiger partial charge is 0.162 e. The summed E-state index contributed by atoms with van der Waals surface area (Å²) in [4.78, 5) is 5.49. The van der Waals surface area contributed by atoms with Crippen LogP contribution in [0.4, 0.5) is 0 Å². The summed E-state index contributed by atoms with van der Waals surface area (Å²) < 4.78 is 28.6. The van der Waals surface area contributed by atoms with Gasteiger partial charge in [0.05, 0.1) is 15.4 Å². The first-order valence-corrected chi connectivity index (χ1v) is 13.4. The van der Waals surface area contributed by atoms with Crippen LogP contribution in [0.5, 0.6) is 11.5 Å². The number of nitrogens with one attached hydrogen (secondary N) is 1. The Bertz CT molecular complexity index is 1470. The number of hydrogen-bond donors (Lipinski definition) is 1. The third-order valence-corrected chi connectivity index (χ3v) is 8.60. The number of piperazine rings is 1. The topological polar surface area (TPSA) is 81.0 Å². The van der Waals surface area contributed by atoms with E-state index in [-0.39, 0.29) is 0 Å². The lowest BCUT2D eigenvalue weighted by Gasteiger charge is -2.30. The number of pyridine rings is 1. The lowest BCUT2D eigenvalue weighted by atomic mass is 10.1. The van der Waals surface area contributed by atoms with Crippen molar-refractivity contribution < 1.29 is 13.7 Å². The van der Waals surface area contributed by atoms with Gasteiger partial charge in [-0.1, -0.05) is 18.2 Å². The van der Waals surface area contributed by atoms with E-state index in [1.807, 2.05) is 69.5 Å². The van der Waals surface area contributed by atoms with E-state index in [2.05, 4.69) is 11.2 Å². The van der Waals surface area contributed by atoms with Crippen LogP contribution in [0, 0.1) is 0 Å². The normalized spacial score (nSPS) is 17.8. The van der Waals surface area contributed by atoms with Crippen molar-refractivity contribution in [3.05, 3.63) is 72.1 Å². The summed E-state index contributed by atoms with van der Waals surface area (Å²) in [6, 6.07) is 19.7. The molecule has 2 aliphatic heterocycles. The minimum Gasteiger partial charge on any atom is -0.486 e. The van der Waals surface area contributed by atoms with Crippen LogP contribution in [0.15, 0.2) is 65.6 Å². The molecule has 6 rings (SSSR count). The molecule has 1 fully saturated rings. The molecule has 2 aromatic heterocycles. The SMILES string of the molecule is C=S(=O)(c1ccc(Cc2nc3cccc(-c4ccc5c(c4)OCCO5)n3n2)cc1)N1CCNCC1. The average molecular weight is 490 g/mol. The van der Waals surface area contributed by atoms with Gasteiger partial charge < -0.3 is 14.8 Å². The highest BCUT2D eigenvalue weighted by atomic mass is 32.2. The predicted octanol–water partition coefficient (Wildman–Crippen LogP) is 2.65. The third kappa shape index (κ3) is 4.27. The molecule has 4 aromatic rings. The Labute approximate surface area is 204 Å². The van der Waals surface area contributed by atoms with E-state index in [4.69, 9.17) is 19.6 Å². The highest BCUT2D eigenvalue weighted by Crippen LogP contribution is 2.34. The summed E-state index contributed by atoms with van der Waals surface area (Å²) in [6.07, 6.45) is 0.578. The first-order chi connectivity index (χ1) is 17.1. The van der Waals surface area contributed by atoms with E-state index < -0.39 is 9.71 Å². The minimum atomic E-state index is -2.48. The van der Waals surface area contributed by atoms with E-state index in [1.54, 1.807) is 0 Å². The van der Waals surface area contributed by atoms with E-state index in [1.165, 1.54) is 0 Å². The van der Waals surface area contributed by atoms with Crippen molar-refractivity contribution in [1.82, 2.24) is 24.2 Å². The molecule has 8 nitrogen and oxygen atoms in total. The quantitative estimate of drug-likeness (QED) is 0.434.